The standard InChI is InChI=1S/C17H12BrN3O/c18-12-6-7-14-13(10-12)15(11-4-2-1-3-5-11)20-17(22)16-19-8-9-21(14)16/h1-10,17,22H. The molecule has 4 rings (SSSR count). The minimum Gasteiger partial charge on any atom is -0.365 e. The fraction of sp³-hybridized carbons (Fsp3) is 0.0588. The molecule has 0 fully saturated rings. The number of aliphatic hydroxyl groups excluding tert-OH is 1. The highest BCUT2D eigenvalue weighted by atomic mass is 79.9. The summed E-state index contributed by atoms with van der Waals surface area (Å²) in [6.45, 7) is 0. The molecule has 2 aromatic carbocycles. The molecule has 0 bridgehead atoms. The summed E-state index contributed by atoms with van der Waals surface area (Å²) in [6, 6.07) is 15.9. The molecule has 2 heterocycles. The van der Waals surface area contributed by atoms with Crippen molar-refractivity contribution < 1.29 is 5.11 Å². The van der Waals surface area contributed by atoms with E-state index in [0.717, 1.165) is 27.0 Å². The molecule has 1 atom stereocenters. The van der Waals surface area contributed by atoms with Crippen molar-refractivity contribution in [2.45, 2.75) is 6.23 Å². The number of aliphatic imine (C=N–C) groups is 1. The first-order valence-corrected chi connectivity index (χ1v) is 7.68. The van der Waals surface area contributed by atoms with Crippen molar-refractivity contribution in [3.05, 3.63) is 82.3 Å². The molecule has 0 aliphatic carbocycles. The summed E-state index contributed by atoms with van der Waals surface area (Å²) in [5.74, 6) is 0.523. The zero-order valence-electron chi connectivity index (χ0n) is 11.5. The summed E-state index contributed by atoms with van der Waals surface area (Å²) >= 11 is 3.52. The number of aliphatic hydroxyl groups is 1. The van der Waals surface area contributed by atoms with Gasteiger partial charge >= 0.3 is 0 Å². The first-order chi connectivity index (χ1) is 10.7. The van der Waals surface area contributed by atoms with Crippen LogP contribution < -0.4 is 0 Å². The Kier molecular flexibility index (Phi) is 3.17. The second kappa shape index (κ2) is 5.19. The molecule has 5 heteroatoms. The summed E-state index contributed by atoms with van der Waals surface area (Å²) in [5.41, 5.74) is 3.63. The van der Waals surface area contributed by atoms with E-state index in [-0.39, 0.29) is 0 Å². The SMILES string of the molecule is OC1N=C(c2ccccc2)c2cc(Br)ccc2-n2ccnc21. The van der Waals surface area contributed by atoms with Crippen LogP contribution in [0.5, 0.6) is 0 Å². The third-order valence-corrected chi connectivity index (χ3v) is 4.17. The van der Waals surface area contributed by atoms with Gasteiger partial charge in [-0.15, -0.1) is 0 Å². The lowest BCUT2D eigenvalue weighted by Crippen LogP contribution is -2.06. The summed E-state index contributed by atoms with van der Waals surface area (Å²) in [4.78, 5) is 8.75. The second-order valence-electron chi connectivity index (χ2n) is 5.03. The van der Waals surface area contributed by atoms with Crippen LogP contribution in [0.25, 0.3) is 5.69 Å². The first-order valence-electron chi connectivity index (χ1n) is 6.89. The van der Waals surface area contributed by atoms with Gasteiger partial charge in [-0.2, -0.15) is 0 Å². The van der Waals surface area contributed by atoms with Crippen molar-refractivity contribution in [3.8, 4) is 5.69 Å². The normalized spacial score (nSPS) is 16.5. The molecule has 3 aromatic rings. The molecule has 1 aromatic heterocycles. The summed E-state index contributed by atoms with van der Waals surface area (Å²) in [6.07, 6.45) is 2.53. The van der Waals surface area contributed by atoms with E-state index in [0.29, 0.717) is 5.82 Å². The van der Waals surface area contributed by atoms with Crippen molar-refractivity contribution in [1.82, 2.24) is 9.55 Å². The third kappa shape index (κ3) is 2.10. The van der Waals surface area contributed by atoms with Gasteiger partial charge < -0.3 is 5.11 Å². The predicted octanol–water partition coefficient (Wildman–Crippen LogP) is 3.48. The molecule has 0 spiro atoms. The van der Waals surface area contributed by atoms with Gasteiger partial charge in [-0.05, 0) is 18.2 Å². The maximum absolute atomic E-state index is 10.4. The zero-order chi connectivity index (χ0) is 15.1. The molecule has 0 radical (unpaired) electrons. The third-order valence-electron chi connectivity index (χ3n) is 3.67. The van der Waals surface area contributed by atoms with Gasteiger partial charge in [0.05, 0.1) is 11.4 Å². The van der Waals surface area contributed by atoms with Gasteiger partial charge in [0, 0.05) is 28.0 Å². The number of nitrogens with zero attached hydrogens (tertiary/aromatic N) is 3. The fourth-order valence-electron chi connectivity index (χ4n) is 2.69. The van der Waals surface area contributed by atoms with Crippen LogP contribution >= 0.6 is 15.9 Å². The van der Waals surface area contributed by atoms with E-state index < -0.39 is 6.23 Å². The largest absolute Gasteiger partial charge is 0.365 e. The molecular weight excluding hydrogens is 342 g/mol. The molecule has 0 amide bonds. The van der Waals surface area contributed by atoms with Crippen LogP contribution in [0.15, 0.2) is 70.4 Å². The van der Waals surface area contributed by atoms with Gasteiger partial charge in [-0.1, -0.05) is 46.3 Å². The Balaban J connectivity index is 2.03. The Hall–Kier alpha value is -2.24. The number of hydrogen-bond donors (Lipinski definition) is 1. The fourth-order valence-corrected chi connectivity index (χ4v) is 3.05. The van der Waals surface area contributed by atoms with E-state index in [2.05, 4.69) is 25.9 Å². The maximum Gasteiger partial charge on any atom is 0.205 e. The first kappa shape index (κ1) is 13.4. The average molecular weight is 354 g/mol. The molecule has 0 saturated heterocycles. The van der Waals surface area contributed by atoms with Crippen LogP contribution in [-0.2, 0) is 0 Å². The van der Waals surface area contributed by atoms with Crippen molar-refractivity contribution in [1.29, 1.82) is 0 Å². The van der Waals surface area contributed by atoms with Crippen molar-refractivity contribution >= 4 is 21.6 Å². The van der Waals surface area contributed by atoms with Crippen LogP contribution in [0.1, 0.15) is 23.2 Å². The van der Waals surface area contributed by atoms with E-state index in [1.165, 1.54) is 0 Å². The smallest absolute Gasteiger partial charge is 0.205 e. The maximum atomic E-state index is 10.4. The number of fused-ring (bicyclic) bond motifs is 3. The summed E-state index contributed by atoms with van der Waals surface area (Å²) in [7, 11) is 0. The van der Waals surface area contributed by atoms with Gasteiger partial charge in [-0.25, -0.2) is 9.98 Å². The molecule has 1 unspecified atom stereocenters. The van der Waals surface area contributed by atoms with Crippen LogP contribution in [0.3, 0.4) is 0 Å². The monoisotopic (exact) mass is 353 g/mol. The average Bonchev–Trinajstić information content (AvgIpc) is 2.99. The highest BCUT2D eigenvalue weighted by Crippen LogP contribution is 2.30. The minimum atomic E-state index is -0.989. The Morgan fingerprint density at radius 2 is 1.91 bits per heavy atom. The zero-order valence-corrected chi connectivity index (χ0v) is 13.1. The Bertz CT molecular complexity index is 871. The molecule has 108 valence electrons. The molecule has 1 aliphatic heterocycles. The van der Waals surface area contributed by atoms with Crippen molar-refractivity contribution in [2.24, 2.45) is 4.99 Å². The predicted molar refractivity (Wildman–Crippen MR) is 88.3 cm³/mol. The molecule has 1 aliphatic rings. The lowest BCUT2D eigenvalue weighted by Gasteiger charge is -2.12. The molecule has 22 heavy (non-hydrogen) atoms. The van der Waals surface area contributed by atoms with E-state index in [9.17, 15) is 5.11 Å². The van der Waals surface area contributed by atoms with Crippen LogP contribution in [0, 0.1) is 0 Å². The summed E-state index contributed by atoms with van der Waals surface area (Å²) < 4.78 is 2.85. The van der Waals surface area contributed by atoms with E-state index >= 15 is 0 Å². The topological polar surface area (TPSA) is 50.4 Å². The number of rotatable bonds is 1. The van der Waals surface area contributed by atoms with E-state index in [1.807, 2.05) is 59.3 Å². The Labute approximate surface area is 135 Å². The number of imidazole rings is 1. The molecule has 1 N–H and O–H groups in total. The van der Waals surface area contributed by atoms with E-state index in [4.69, 9.17) is 0 Å². The van der Waals surface area contributed by atoms with Gasteiger partial charge in [0.25, 0.3) is 0 Å². The van der Waals surface area contributed by atoms with Gasteiger partial charge in [0.15, 0.2) is 5.82 Å². The minimum absolute atomic E-state index is 0.523. The van der Waals surface area contributed by atoms with Crippen molar-refractivity contribution in [2.75, 3.05) is 0 Å². The highest BCUT2D eigenvalue weighted by Gasteiger charge is 2.24. The molecular formula is C17H12BrN3O. The molecule has 0 saturated carbocycles. The number of halogens is 1. The van der Waals surface area contributed by atoms with Crippen LogP contribution in [-0.4, -0.2) is 20.4 Å². The Morgan fingerprint density at radius 1 is 1.09 bits per heavy atom. The number of aromatic nitrogens is 2. The van der Waals surface area contributed by atoms with Crippen molar-refractivity contribution in [3.63, 3.8) is 0 Å². The van der Waals surface area contributed by atoms with E-state index in [1.54, 1.807) is 6.20 Å². The number of benzene rings is 2. The van der Waals surface area contributed by atoms with Crippen LogP contribution in [0.2, 0.25) is 0 Å². The number of hydrogen-bond acceptors (Lipinski definition) is 3. The quantitative estimate of drug-likeness (QED) is 0.728. The van der Waals surface area contributed by atoms with Gasteiger partial charge in [0.1, 0.15) is 0 Å². The molecule has 4 nitrogen and oxygen atoms in total. The lowest BCUT2D eigenvalue weighted by atomic mass is 10.0. The lowest BCUT2D eigenvalue weighted by molar-refractivity contribution is 0.177. The van der Waals surface area contributed by atoms with Gasteiger partial charge in [-0.3, -0.25) is 4.57 Å². The van der Waals surface area contributed by atoms with Gasteiger partial charge in [0.2, 0.25) is 6.23 Å². The highest BCUT2D eigenvalue weighted by molar-refractivity contribution is 9.10. The summed E-state index contributed by atoms with van der Waals surface area (Å²) in [5, 5.41) is 10.4. The van der Waals surface area contributed by atoms with Crippen LogP contribution in [0.4, 0.5) is 0 Å². The Morgan fingerprint density at radius 3 is 2.73 bits per heavy atom. The second-order valence-corrected chi connectivity index (χ2v) is 5.95.